The summed E-state index contributed by atoms with van der Waals surface area (Å²) in [7, 11) is 1.50. The van der Waals surface area contributed by atoms with E-state index in [0.29, 0.717) is 60.0 Å². The fourth-order valence-corrected chi connectivity index (χ4v) is 3.97. The minimum atomic E-state index is -1.08. The van der Waals surface area contributed by atoms with E-state index in [9.17, 15) is 14.4 Å². The maximum absolute atomic E-state index is 13.3. The van der Waals surface area contributed by atoms with Crippen LogP contribution in [0.2, 0.25) is 0 Å². The first-order chi connectivity index (χ1) is 15.5. The summed E-state index contributed by atoms with van der Waals surface area (Å²) in [5, 5.41) is 3.47. The molecule has 1 aromatic heterocycles. The van der Waals surface area contributed by atoms with E-state index in [1.54, 1.807) is 42.5 Å². The zero-order valence-electron chi connectivity index (χ0n) is 17.3. The molecule has 1 fully saturated rings. The first kappa shape index (κ1) is 19.9. The number of amides is 2. The third-order valence-corrected chi connectivity index (χ3v) is 5.64. The van der Waals surface area contributed by atoms with Gasteiger partial charge < -0.3 is 29.4 Å². The van der Waals surface area contributed by atoms with Crippen LogP contribution in [0.4, 0.5) is 5.69 Å². The standard InChI is InChI=1S/C23H21N3O6/c1-30-17-5-3-2-4-15(17)24-23(29)21(26-7-6-20(26)27)14-10-13-11-18-19(32-9-8-31-18)12-16(13)25-22(14)28/h2-5,10-12,21H,6-9H2,1H3,(H,24,29)(H,25,28). The Kier molecular flexibility index (Phi) is 4.93. The van der Waals surface area contributed by atoms with E-state index in [4.69, 9.17) is 14.2 Å². The summed E-state index contributed by atoms with van der Waals surface area (Å²) in [5.41, 5.74) is 0.736. The quantitative estimate of drug-likeness (QED) is 0.595. The average molecular weight is 435 g/mol. The Hall–Kier alpha value is -4.01. The van der Waals surface area contributed by atoms with Gasteiger partial charge in [0.1, 0.15) is 25.0 Å². The van der Waals surface area contributed by atoms with Gasteiger partial charge in [0.2, 0.25) is 5.91 Å². The van der Waals surface area contributed by atoms with E-state index in [1.807, 2.05) is 0 Å². The number of nitrogens with one attached hydrogen (secondary N) is 2. The Morgan fingerprint density at radius 2 is 1.88 bits per heavy atom. The summed E-state index contributed by atoms with van der Waals surface area (Å²) >= 11 is 0. The van der Waals surface area contributed by atoms with Gasteiger partial charge >= 0.3 is 0 Å². The van der Waals surface area contributed by atoms with Crippen LogP contribution in [0.5, 0.6) is 17.2 Å². The van der Waals surface area contributed by atoms with Gasteiger partial charge in [-0.05, 0) is 24.3 Å². The van der Waals surface area contributed by atoms with Crippen molar-refractivity contribution in [3.05, 3.63) is 58.4 Å². The third kappa shape index (κ3) is 3.41. The van der Waals surface area contributed by atoms with Crippen LogP contribution >= 0.6 is 0 Å². The molecule has 0 aliphatic carbocycles. The fourth-order valence-electron chi connectivity index (χ4n) is 3.97. The number of methoxy groups -OCH3 is 1. The molecule has 2 aliphatic rings. The lowest BCUT2D eigenvalue weighted by atomic mass is 9.99. The van der Waals surface area contributed by atoms with E-state index in [0.717, 1.165) is 0 Å². The second kappa shape index (κ2) is 7.92. The predicted molar refractivity (Wildman–Crippen MR) is 116 cm³/mol. The largest absolute Gasteiger partial charge is 0.495 e. The fraction of sp³-hybridized carbons (Fsp3) is 0.261. The number of carbonyl (C=O) groups is 2. The normalized spacial score (nSPS) is 15.8. The molecule has 2 amide bonds. The van der Waals surface area contributed by atoms with Gasteiger partial charge in [-0.3, -0.25) is 14.4 Å². The molecule has 32 heavy (non-hydrogen) atoms. The number of β-lactam (4-membered cyclic amide) rings is 1. The molecule has 9 heteroatoms. The zero-order valence-corrected chi connectivity index (χ0v) is 17.3. The number of aromatic nitrogens is 1. The lowest BCUT2D eigenvalue weighted by molar-refractivity contribution is -0.147. The monoisotopic (exact) mass is 435 g/mol. The molecule has 3 heterocycles. The van der Waals surface area contributed by atoms with E-state index in [1.165, 1.54) is 12.0 Å². The Labute approximate surface area is 182 Å². The molecule has 3 aromatic rings. The second-order valence-corrected chi connectivity index (χ2v) is 7.57. The van der Waals surface area contributed by atoms with Crippen molar-refractivity contribution in [2.45, 2.75) is 12.5 Å². The lowest BCUT2D eigenvalue weighted by Crippen LogP contribution is -2.50. The van der Waals surface area contributed by atoms with E-state index in [2.05, 4.69) is 10.3 Å². The number of fused-ring (bicyclic) bond motifs is 2. The minimum absolute atomic E-state index is 0.176. The van der Waals surface area contributed by atoms with Crippen LogP contribution in [0, 0.1) is 0 Å². The average Bonchev–Trinajstić information content (AvgIpc) is 2.80. The molecular formula is C23H21N3O6. The number of nitrogens with zero attached hydrogens (tertiary/aromatic N) is 1. The maximum atomic E-state index is 13.3. The van der Waals surface area contributed by atoms with Crippen LogP contribution in [-0.4, -0.2) is 48.6 Å². The highest BCUT2D eigenvalue weighted by atomic mass is 16.6. The van der Waals surface area contributed by atoms with Gasteiger partial charge in [0.15, 0.2) is 11.5 Å². The summed E-state index contributed by atoms with van der Waals surface area (Å²) in [4.78, 5) is 42.8. The molecular weight excluding hydrogens is 414 g/mol. The van der Waals surface area contributed by atoms with E-state index >= 15 is 0 Å². The molecule has 5 rings (SSSR count). The molecule has 0 spiro atoms. The van der Waals surface area contributed by atoms with Crippen LogP contribution in [0.1, 0.15) is 18.0 Å². The third-order valence-electron chi connectivity index (χ3n) is 5.64. The molecule has 1 unspecified atom stereocenters. The number of anilines is 1. The van der Waals surface area contributed by atoms with Crippen molar-refractivity contribution in [3.63, 3.8) is 0 Å². The highest BCUT2D eigenvalue weighted by Crippen LogP contribution is 2.35. The van der Waals surface area contributed by atoms with Crippen LogP contribution in [0.15, 0.2) is 47.3 Å². The van der Waals surface area contributed by atoms with Gasteiger partial charge in [-0.2, -0.15) is 0 Å². The van der Waals surface area contributed by atoms with E-state index < -0.39 is 17.5 Å². The lowest BCUT2D eigenvalue weighted by Gasteiger charge is -2.37. The number of likely N-dealkylation sites (tertiary alicyclic amines) is 1. The Morgan fingerprint density at radius 1 is 1.12 bits per heavy atom. The van der Waals surface area contributed by atoms with Gasteiger partial charge in [-0.15, -0.1) is 0 Å². The summed E-state index contributed by atoms with van der Waals surface area (Å²) in [6.07, 6.45) is 0.336. The van der Waals surface area contributed by atoms with Crippen LogP contribution in [0.3, 0.4) is 0 Å². The highest BCUT2D eigenvalue weighted by molar-refractivity contribution is 6.00. The molecule has 2 aromatic carbocycles. The van der Waals surface area contributed by atoms with Crippen LogP contribution in [0.25, 0.3) is 10.9 Å². The first-order valence-electron chi connectivity index (χ1n) is 10.2. The van der Waals surface area contributed by atoms with Crippen molar-refractivity contribution >= 4 is 28.4 Å². The smallest absolute Gasteiger partial charge is 0.254 e. The Bertz CT molecular complexity index is 1280. The molecule has 1 atom stereocenters. The second-order valence-electron chi connectivity index (χ2n) is 7.57. The van der Waals surface area contributed by atoms with Crippen molar-refractivity contribution < 1.29 is 23.8 Å². The molecule has 2 aliphatic heterocycles. The van der Waals surface area contributed by atoms with Gasteiger partial charge in [0.25, 0.3) is 11.5 Å². The predicted octanol–water partition coefficient (Wildman–Crippen LogP) is 2.22. The number of para-hydroxylation sites is 2. The van der Waals surface area contributed by atoms with Crippen LogP contribution in [-0.2, 0) is 9.59 Å². The number of hydrogen-bond donors (Lipinski definition) is 2. The summed E-state index contributed by atoms with van der Waals surface area (Å²) in [6.45, 7) is 1.26. The molecule has 164 valence electrons. The van der Waals surface area contributed by atoms with E-state index in [-0.39, 0.29) is 11.5 Å². The Balaban J connectivity index is 1.57. The molecule has 0 saturated carbocycles. The number of aromatic amines is 1. The van der Waals surface area contributed by atoms with Crippen molar-refractivity contribution in [3.8, 4) is 17.2 Å². The highest BCUT2D eigenvalue weighted by Gasteiger charge is 2.38. The summed E-state index contributed by atoms with van der Waals surface area (Å²) in [6, 6.07) is 11.0. The number of benzene rings is 2. The zero-order chi connectivity index (χ0) is 22.2. The number of hydrogen-bond acceptors (Lipinski definition) is 6. The van der Waals surface area contributed by atoms with Gasteiger partial charge in [-0.1, -0.05) is 12.1 Å². The SMILES string of the molecule is COc1ccccc1NC(=O)C(c1cc2cc3c(cc2[nH]c1=O)OCCO3)N1CCC1=O. The summed E-state index contributed by atoms with van der Waals surface area (Å²) < 4.78 is 16.5. The minimum Gasteiger partial charge on any atom is -0.495 e. The molecule has 0 bridgehead atoms. The maximum Gasteiger partial charge on any atom is 0.254 e. The Morgan fingerprint density at radius 3 is 2.56 bits per heavy atom. The van der Waals surface area contributed by atoms with Crippen LogP contribution < -0.4 is 25.1 Å². The molecule has 9 nitrogen and oxygen atoms in total. The summed E-state index contributed by atoms with van der Waals surface area (Å²) in [5.74, 6) is 0.912. The number of rotatable bonds is 5. The van der Waals surface area contributed by atoms with Crippen molar-refractivity contribution in [2.75, 3.05) is 32.2 Å². The van der Waals surface area contributed by atoms with Crippen molar-refractivity contribution in [2.24, 2.45) is 0 Å². The van der Waals surface area contributed by atoms with Gasteiger partial charge in [0, 0.05) is 30.0 Å². The number of carbonyl (C=O) groups excluding carboxylic acids is 2. The molecule has 1 saturated heterocycles. The molecule has 0 radical (unpaired) electrons. The number of pyridine rings is 1. The van der Waals surface area contributed by atoms with Crippen molar-refractivity contribution in [1.82, 2.24) is 9.88 Å². The molecule has 2 N–H and O–H groups in total. The topological polar surface area (TPSA) is 110 Å². The number of ether oxygens (including phenoxy) is 3. The first-order valence-corrected chi connectivity index (χ1v) is 10.2. The number of H-pyrrole nitrogens is 1. The van der Waals surface area contributed by atoms with Crippen molar-refractivity contribution in [1.29, 1.82) is 0 Å². The van der Waals surface area contributed by atoms with Gasteiger partial charge in [-0.25, -0.2) is 0 Å². The van der Waals surface area contributed by atoms with Gasteiger partial charge in [0.05, 0.1) is 18.3 Å².